The lowest BCUT2D eigenvalue weighted by molar-refractivity contribution is -0.116. The summed E-state index contributed by atoms with van der Waals surface area (Å²) >= 11 is 11.9. The van der Waals surface area contributed by atoms with Crippen molar-refractivity contribution in [2.24, 2.45) is 0 Å². The summed E-state index contributed by atoms with van der Waals surface area (Å²) in [5.41, 5.74) is 1.90. The molecule has 0 aromatic heterocycles. The number of carbonyl (C=O) groups is 1. The third-order valence-corrected chi connectivity index (χ3v) is 4.14. The predicted octanol–water partition coefficient (Wildman–Crippen LogP) is 5.33. The van der Waals surface area contributed by atoms with Gasteiger partial charge in [-0.05, 0) is 41.3 Å². The van der Waals surface area contributed by atoms with E-state index in [0.717, 1.165) is 16.9 Å². The minimum Gasteiger partial charge on any atom is -0.491 e. The van der Waals surface area contributed by atoms with Gasteiger partial charge in [-0.15, -0.1) is 0 Å². The Morgan fingerprint density at radius 2 is 1.96 bits per heavy atom. The van der Waals surface area contributed by atoms with Gasteiger partial charge in [0.1, 0.15) is 12.4 Å². The van der Waals surface area contributed by atoms with Crippen LogP contribution in [0.3, 0.4) is 0 Å². The normalized spacial score (nSPS) is 11.1. The van der Waals surface area contributed by atoms with Gasteiger partial charge in [-0.25, -0.2) is 0 Å². The van der Waals surface area contributed by atoms with E-state index in [0.29, 0.717) is 29.1 Å². The summed E-state index contributed by atoms with van der Waals surface area (Å²) in [5.74, 6) is 1.04. The molecule has 0 unspecified atom stereocenters. The monoisotopic (exact) mass is 377 g/mol. The second kappa shape index (κ2) is 9.50. The zero-order valence-corrected chi connectivity index (χ0v) is 15.8. The standard InChI is InChI=1S/C20H21Cl2NO2/c1-14(2)17-5-3-4-6-19(17)25-12-11-23-20(24)10-8-15-7-9-16(21)13-18(15)22/h3-10,13-14H,11-12H2,1-2H3,(H,23,24)/b10-8+. The van der Waals surface area contributed by atoms with Crippen LogP contribution < -0.4 is 10.1 Å². The number of para-hydroxylation sites is 1. The molecule has 2 aromatic rings. The first-order valence-corrected chi connectivity index (χ1v) is 8.85. The van der Waals surface area contributed by atoms with Gasteiger partial charge >= 0.3 is 0 Å². The highest BCUT2D eigenvalue weighted by Crippen LogP contribution is 2.25. The molecule has 0 aliphatic carbocycles. The van der Waals surface area contributed by atoms with E-state index in [1.807, 2.05) is 18.2 Å². The molecule has 132 valence electrons. The minimum atomic E-state index is -0.202. The minimum absolute atomic E-state index is 0.202. The maximum Gasteiger partial charge on any atom is 0.244 e. The van der Waals surface area contributed by atoms with Gasteiger partial charge in [-0.1, -0.05) is 61.3 Å². The van der Waals surface area contributed by atoms with E-state index in [1.54, 1.807) is 24.3 Å². The van der Waals surface area contributed by atoms with Gasteiger partial charge in [-0.2, -0.15) is 0 Å². The van der Waals surface area contributed by atoms with Crippen molar-refractivity contribution < 1.29 is 9.53 Å². The Morgan fingerprint density at radius 1 is 1.20 bits per heavy atom. The SMILES string of the molecule is CC(C)c1ccccc1OCCNC(=O)/C=C/c1ccc(Cl)cc1Cl. The first-order valence-electron chi connectivity index (χ1n) is 8.10. The highest BCUT2D eigenvalue weighted by Gasteiger charge is 2.06. The number of hydrogen-bond donors (Lipinski definition) is 1. The van der Waals surface area contributed by atoms with Crippen LogP contribution in [-0.4, -0.2) is 19.1 Å². The van der Waals surface area contributed by atoms with Crippen LogP contribution in [0.4, 0.5) is 0 Å². The van der Waals surface area contributed by atoms with E-state index >= 15 is 0 Å². The van der Waals surface area contributed by atoms with Crippen molar-refractivity contribution >= 4 is 35.2 Å². The smallest absolute Gasteiger partial charge is 0.244 e. The quantitative estimate of drug-likeness (QED) is 0.523. The lowest BCUT2D eigenvalue weighted by Crippen LogP contribution is -2.26. The van der Waals surface area contributed by atoms with E-state index in [-0.39, 0.29) is 5.91 Å². The van der Waals surface area contributed by atoms with Crippen LogP contribution in [0.1, 0.15) is 30.9 Å². The topological polar surface area (TPSA) is 38.3 Å². The fraction of sp³-hybridized carbons (Fsp3) is 0.250. The molecule has 0 aliphatic rings. The van der Waals surface area contributed by atoms with E-state index in [4.69, 9.17) is 27.9 Å². The van der Waals surface area contributed by atoms with E-state index < -0.39 is 0 Å². The van der Waals surface area contributed by atoms with E-state index in [2.05, 4.69) is 25.2 Å². The van der Waals surface area contributed by atoms with E-state index in [9.17, 15) is 4.79 Å². The Balaban J connectivity index is 1.80. The molecule has 0 fully saturated rings. The second-order valence-corrected chi connectivity index (χ2v) is 6.67. The fourth-order valence-corrected chi connectivity index (χ4v) is 2.76. The highest BCUT2D eigenvalue weighted by molar-refractivity contribution is 6.35. The number of nitrogens with one attached hydrogen (secondary N) is 1. The molecule has 0 atom stereocenters. The Hall–Kier alpha value is -1.97. The summed E-state index contributed by atoms with van der Waals surface area (Å²) in [6.45, 7) is 5.07. The predicted molar refractivity (Wildman–Crippen MR) is 105 cm³/mol. The molecule has 5 heteroatoms. The van der Waals surface area contributed by atoms with Crippen molar-refractivity contribution in [1.29, 1.82) is 0 Å². The fourth-order valence-electron chi connectivity index (χ4n) is 2.29. The summed E-state index contributed by atoms with van der Waals surface area (Å²) in [6.07, 6.45) is 3.10. The number of benzene rings is 2. The Morgan fingerprint density at radius 3 is 2.68 bits per heavy atom. The molecule has 1 amide bonds. The zero-order chi connectivity index (χ0) is 18.2. The number of hydrogen-bond acceptors (Lipinski definition) is 2. The molecular formula is C20H21Cl2NO2. The van der Waals surface area contributed by atoms with Crippen molar-refractivity contribution in [2.45, 2.75) is 19.8 Å². The molecule has 0 aliphatic heterocycles. The van der Waals surface area contributed by atoms with Crippen LogP contribution >= 0.6 is 23.2 Å². The molecule has 25 heavy (non-hydrogen) atoms. The van der Waals surface area contributed by atoms with Crippen molar-refractivity contribution in [1.82, 2.24) is 5.32 Å². The van der Waals surface area contributed by atoms with Crippen molar-refractivity contribution in [2.75, 3.05) is 13.2 Å². The maximum absolute atomic E-state index is 11.9. The molecule has 0 heterocycles. The third-order valence-electron chi connectivity index (χ3n) is 3.58. The third kappa shape index (κ3) is 6.11. The summed E-state index contributed by atoms with van der Waals surface area (Å²) < 4.78 is 5.77. The van der Waals surface area contributed by atoms with Gasteiger partial charge in [-0.3, -0.25) is 4.79 Å². The average molecular weight is 378 g/mol. The second-order valence-electron chi connectivity index (χ2n) is 5.83. The van der Waals surface area contributed by atoms with Gasteiger partial charge in [0.05, 0.1) is 6.54 Å². The number of amides is 1. The summed E-state index contributed by atoms with van der Waals surface area (Å²) in [4.78, 5) is 11.9. The Kier molecular flexibility index (Phi) is 7.35. The van der Waals surface area contributed by atoms with Crippen molar-refractivity contribution in [3.8, 4) is 5.75 Å². The van der Waals surface area contributed by atoms with Crippen LogP contribution in [0.5, 0.6) is 5.75 Å². The molecular weight excluding hydrogens is 357 g/mol. The van der Waals surface area contributed by atoms with Crippen LogP contribution in [-0.2, 0) is 4.79 Å². The molecule has 3 nitrogen and oxygen atoms in total. The molecule has 2 aromatic carbocycles. The zero-order valence-electron chi connectivity index (χ0n) is 14.3. The van der Waals surface area contributed by atoms with Crippen molar-refractivity contribution in [3.63, 3.8) is 0 Å². The van der Waals surface area contributed by atoms with Crippen LogP contribution in [0.25, 0.3) is 6.08 Å². The molecule has 0 radical (unpaired) electrons. The molecule has 0 saturated heterocycles. The van der Waals surface area contributed by atoms with Crippen molar-refractivity contribution in [3.05, 3.63) is 69.7 Å². The highest BCUT2D eigenvalue weighted by atomic mass is 35.5. The van der Waals surface area contributed by atoms with Gasteiger partial charge in [0.2, 0.25) is 5.91 Å². The van der Waals surface area contributed by atoms with Gasteiger partial charge in [0, 0.05) is 16.1 Å². The lowest BCUT2D eigenvalue weighted by atomic mass is 10.0. The van der Waals surface area contributed by atoms with Gasteiger partial charge in [0.15, 0.2) is 0 Å². The van der Waals surface area contributed by atoms with Gasteiger partial charge in [0.25, 0.3) is 0 Å². The molecule has 2 rings (SSSR count). The van der Waals surface area contributed by atoms with Crippen LogP contribution in [0.15, 0.2) is 48.5 Å². The number of carbonyl (C=O) groups excluding carboxylic acids is 1. The van der Waals surface area contributed by atoms with Gasteiger partial charge < -0.3 is 10.1 Å². The van der Waals surface area contributed by atoms with Crippen LogP contribution in [0.2, 0.25) is 10.0 Å². The lowest BCUT2D eigenvalue weighted by Gasteiger charge is -2.13. The first-order chi connectivity index (χ1) is 12.0. The summed E-state index contributed by atoms with van der Waals surface area (Å²) in [6, 6.07) is 13.1. The Labute approximate surface area is 158 Å². The molecule has 0 saturated carbocycles. The number of halogens is 2. The molecule has 0 bridgehead atoms. The number of ether oxygens (including phenoxy) is 1. The first kappa shape index (κ1) is 19.4. The maximum atomic E-state index is 11.9. The van der Waals surface area contributed by atoms with Crippen LogP contribution in [0, 0.1) is 0 Å². The molecule has 1 N–H and O–H groups in total. The molecule has 0 spiro atoms. The Bertz CT molecular complexity index is 757. The number of rotatable bonds is 7. The summed E-state index contributed by atoms with van der Waals surface area (Å²) in [5, 5.41) is 3.85. The van der Waals surface area contributed by atoms with E-state index in [1.165, 1.54) is 6.08 Å². The largest absolute Gasteiger partial charge is 0.491 e. The summed E-state index contributed by atoms with van der Waals surface area (Å²) in [7, 11) is 0. The average Bonchev–Trinajstić information content (AvgIpc) is 2.58.